The standard InChI is InChI=1S/C16H27N5/c1-3-17-10-15-18-19-20-21(15)11(2)16-7-12-4-13(8-16)6-14(5-12)9-16/h11-14,17H,3-10H2,1-2H3. The molecule has 1 aromatic rings. The first kappa shape index (κ1) is 13.7. The van der Waals surface area contributed by atoms with Crippen molar-refractivity contribution in [1.29, 1.82) is 0 Å². The molecule has 5 heteroatoms. The van der Waals surface area contributed by atoms with E-state index in [4.69, 9.17) is 0 Å². The fourth-order valence-corrected chi connectivity index (χ4v) is 5.82. The maximum absolute atomic E-state index is 4.34. The molecule has 0 radical (unpaired) electrons. The molecule has 1 unspecified atom stereocenters. The first-order chi connectivity index (χ1) is 10.2. The Morgan fingerprint density at radius 2 is 1.81 bits per heavy atom. The smallest absolute Gasteiger partial charge is 0.165 e. The van der Waals surface area contributed by atoms with Gasteiger partial charge in [-0.25, -0.2) is 4.68 Å². The van der Waals surface area contributed by atoms with E-state index in [1.54, 1.807) is 0 Å². The second-order valence-electron chi connectivity index (χ2n) is 7.78. The quantitative estimate of drug-likeness (QED) is 0.905. The fraction of sp³-hybridized carbons (Fsp3) is 0.938. The van der Waals surface area contributed by atoms with Crippen LogP contribution in [-0.4, -0.2) is 26.8 Å². The maximum atomic E-state index is 4.34. The van der Waals surface area contributed by atoms with Gasteiger partial charge in [-0.3, -0.25) is 0 Å². The van der Waals surface area contributed by atoms with Crippen LogP contribution >= 0.6 is 0 Å². The van der Waals surface area contributed by atoms with Gasteiger partial charge in [0.15, 0.2) is 5.82 Å². The fourth-order valence-electron chi connectivity index (χ4n) is 5.82. The zero-order valence-electron chi connectivity index (χ0n) is 13.3. The van der Waals surface area contributed by atoms with Gasteiger partial charge in [0.05, 0.1) is 12.6 Å². The molecular formula is C16H27N5. The second kappa shape index (κ2) is 5.04. The lowest BCUT2D eigenvalue weighted by Crippen LogP contribution is -2.49. The molecule has 5 rings (SSSR count). The van der Waals surface area contributed by atoms with Crippen molar-refractivity contribution in [3.05, 3.63) is 5.82 Å². The highest BCUT2D eigenvalue weighted by molar-refractivity contribution is 5.05. The van der Waals surface area contributed by atoms with E-state index in [1.807, 2.05) is 0 Å². The number of hydrogen-bond acceptors (Lipinski definition) is 4. The van der Waals surface area contributed by atoms with Gasteiger partial charge in [-0.05, 0) is 85.6 Å². The summed E-state index contributed by atoms with van der Waals surface area (Å²) in [6.07, 6.45) is 8.69. The molecule has 0 aliphatic heterocycles. The van der Waals surface area contributed by atoms with Crippen molar-refractivity contribution < 1.29 is 0 Å². The number of nitrogens with one attached hydrogen (secondary N) is 1. The molecule has 21 heavy (non-hydrogen) atoms. The van der Waals surface area contributed by atoms with Gasteiger partial charge in [0.1, 0.15) is 0 Å². The second-order valence-corrected chi connectivity index (χ2v) is 7.78. The minimum atomic E-state index is 0.439. The van der Waals surface area contributed by atoms with Crippen LogP contribution in [0.4, 0.5) is 0 Å². The van der Waals surface area contributed by atoms with Crippen molar-refractivity contribution >= 4 is 0 Å². The van der Waals surface area contributed by atoms with Crippen molar-refractivity contribution in [2.45, 2.75) is 65.0 Å². The van der Waals surface area contributed by atoms with Crippen molar-refractivity contribution in [3.8, 4) is 0 Å². The van der Waals surface area contributed by atoms with Crippen molar-refractivity contribution in [2.75, 3.05) is 6.54 Å². The SMILES string of the molecule is CCNCc1nnnn1C(C)C12CC3CC(CC(C3)C1)C2. The van der Waals surface area contributed by atoms with E-state index in [2.05, 4.69) is 39.4 Å². The van der Waals surface area contributed by atoms with Gasteiger partial charge in [0.2, 0.25) is 0 Å². The summed E-state index contributed by atoms with van der Waals surface area (Å²) in [6, 6.07) is 0.439. The Labute approximate surface area is 126 Å². The summed E-state index contributed by atoms with van der Waals surface area (Å²) in [7, 11) is 0. The number of rotatable bonds is 5. The van der Waals surface area contributed by atoms with E-state index in [-0.39, 0.29) is 0 Å². The highest BCUT2D eigenvalue weighted by Gasteiger charge is 2.54. The van der Waals surface area contributed by atoms with Crippen LogP contribution in [0.25, 0.3) is 0 Å². The molecule has 116 valence electrons. The Hall–Kier alpha value is -0.970. The minimum Gasteiger partial charge on any atom is -0.310 e. The normalized spacial score (nSPS) is 38.9. The van der Waals surface area contributed by atoms with Crippen molar-refractivity contribution in [1.82, 2.24) is 25.5 Å². The summed E-state index contributed by atoms with van der Waals surface area (Å²) in [6.45, 7) is 6.22. The molecule has 1 heterocycles. The van der Waals surface area contributed by atoms with E-state index in [9.17, 15) is 0 Å². The molecule has 4 aliphatic rings. The van der Waals surface area contributed by atoms with Crippen LogP contribution in [0.15, 0.2) is 0 Å². The average Bonchev–Trinajstić information content (AvgIpc) is 2.91. The molecule has 4 saturated carbocycles. The molecule has 0 saturated heterocycles. The first-order valence-corrected chi connectivity index (χ1v) is 8.67. The van der Waals surface area contributed by atoms with E-state index in [0.29, 0.717) is 11.5 Å². The molecule has 4 bridgehead atoms. The predicted molar refractivity (Wildman–Crippen MR) is 80.5 cm³/mol. The van der Waals surface area contributed by atoms with Gasteiger partial charge in [-0.2, -0.15) is 0 Å². The number of nitrogens with zero attached hydrogens (tertiary/aromatic N) is 4. The van der Waals surface area contributed by atoms with E-state index < -0.39 is 0 Å². The number of hydrogen-bond donors (Lipinski definition) is 1. The summed E-state index contributed by atoms with van der Waals surface area (Å²) < 4.78 is 2.12. The number of tetrazole rings is 1. The Morgan fingerprint density at radius 3 is 2.38 bits per heavy atom. The van der Waals surface area contributed by atoms with Crippen LogP contribution in [-0.2, 0) is 6.54 Å². The highest BCUT2D eigenvalue weighted by Crippen LogP contribution is 2.63. The Balaban J connectivity index is 1.59. The van der Waals surface area contributed by atoms with E-state index in [0.717, 1.165) is 36.7 Å². The van der Waals surface area contributed by atoms with Crippen molar-refractivity contribution in [2.24, 2.45) is 23.2 Å². The maximum Gasteiger partial charge on any atom is 0.165 e. The monoisotopic (exact) mass is 289 g/mol. The lowest BCUT2D eigenvalue weighted by molar-refractivity contribution is -0.0818. The topological polar surface area (TPSA) is 55.6 Å². The summed E-state index contributed by atoms with van der Waals surface area (Å²) in [5, 5.41) is 15.9. The third kappa shape index (κ3) is 2.20. The zero-order chi connectivity index (χ0) is 14.4. The van der Waals surface area contributed by atoms with Gasteiger partial charge in [0, 0.05) is 0 Å². The minimum absolute atomic E-state index is 0.439. The van der Waals surface area contributed by atoms with Gasteiger partial charge in [0.25, 0.3) is 0 Å². The van der Waals surface area contributed by atoms with Gasteiger partial charge in [-0.15, -0.1) is 5.10 Å². The molecule has 5 nitrogen and oxygen atoms in total. The average molecular weight is 289 g/mol. The molecule has 4 fully saturated rings. The van der Waals surface area contributed by atoms with Crippen LogP contribution < -0.4 is 5.32 Å². The van der Waals surface area contributed by atoms with Crippen LogP contribution in [0.5, 0.6) is 0 Å². The van der Waals surface area contributed by atoms with E-state index >= 15 is 0 Å². The third-order valence-electron chi connectivity index (χ3n) is 6.43. The molecule has 4 aliphatic carbocycles. The molecule has 1 aromatic heterocycles. The van der Waals surface area contributed by atoms with Crippen molar-refractivity contribution in [3.63, 3.8) is 0 Å². The molecule has 0 aromatic carbocycles. The Kier molecular flexibility index (Phi) is 3.28. The molecular weight excluding hydrogens is 262 g/mol. The van der Waals surface area contributed by atoms with Crippen LogP contribution in [0, 0.1) is 23.2 Å². The van der Waals surface area contributed by atoms with Crippen LogP contribution in [0.3, 0.4) is 0 Å². The summed E-state index contributed by atoms with van der Waals surface area (Å²) >= 11 is 0. The first-order valence-electron chi connectivity index (χ1n) is 8.67. The van der Waals surface area contributed by atoms with Gasteiger partial charge in [-0.1, -0.05) is 6.92 Å². The lowest BCUT2D eigenvalue weighted by Gasteiger charge is -2.58. The lowest BCUT2D eigenvalue weighted by atomic mass is 9.48. The third-order valence-corrected chi connectivity index (χ3v) is 6.43. The molecule has 1 atom stereocenters. The zero-order valence-corrected chi connectivity index (χ0v) is 13.3. The Bertz CT molecular complexity index is 473. The predicted octanol–water partition coefficient (Wildman–Crippen LogP) is 2.56. The molecule has 1 N–H and O–H groups in total. The highest BCUT2D eigenvalue weighted by atomic mass is 15.6. The molecule has 0 spiro atoms. The van der Waals surface area contributed by atoms with Gasteiger partial charge < -0.3 is 5.32 Å². The van der Waals surface area contributed by atoms with Crippen LogP contribution in [0.2, 0.25) is 0 Å². The van der Waals surface area contributed by atoms with Gasteiger partial charge >= 0.3 is 0 Å². The van der Waals surface area contributed by atoms with Crippen LogP contribution in [0.1, 0.15) is 64.2 Å². The summed E-state index contributed by atoms with van der Waals surface area (Å²) in [4.78, 5) is 0. The Morgan fingerprint density at radius 1 is 1.19 bits per heavy atom. The summed E-state index contributed by atoms with van der Waals surface area (Å²) in [5.74, 6) is 3.94. The number of aromatic nitrogens is 4. The van der Waals surface area contributed by atoms with E-state index in [1.165, 1.54) is 38.5 Å². The largest absolute Gasteiger partial charge is 0.310 e. The molecule has 0 amide bonds. The summed E-state index contributed by atoms with van der Waals surface area (Å²) in [5.41, 5.74) is 0.463.